The molecule has 4 heteroatoms. The quantitative estimate of drug-likeness (QED) is 0.576. The first-order valence-electron chi connectivity index (χ1n) is 5.23. The smallest absolute Gasteiger partial charge is 0.0619 e. The van der Waals surface area contributed by atoms with E-state index < -0.39 is 5.41 Å². The first-order valence-corrected chi connectivity index (χ1v) is 5.23. The van der Waals surface area contributed by atoms with Crippen molar-refractivity contribution in [2.45, 2.75) is 25.8 Å². The lowest BCUT2D eigenvalue weighted by Crippen LogP contribution is -2.45. The Kier molecular flexibility index (Phi) is 4.81. The van der Waals surface area contributed by atoms with Crippen molar-refractivity contribution in [3.8, 4) is 0 Å². The topological polar surface area (TPSA) is 61.7 Å². The van der Waals surface area contributed by atoms with Crippen molar-refractivity contribution < 1.29 is 14.9 Å². The van der Waals surface area contributed by atoms with Gasteiger partial charge in [0.05, 0.1) is 19.8 Å². The van der Waals surface area contributed by atoms with E-state index in [-0.39, 0.29) is 13.2 Å². The van der Waals surface area contributed by atoms with E-state index >= 15 is 0 Å². The van der Waals surface area contributed by atoms with Gasteiger partial charge in [-0.3, -0.25) is 0 Å². The van der Waals surface area contributed by atoms with E-state index in [0.29, 0.717) is 12.6 Å². The van der Waals surface area contributed by atoms with E-state index in [9.17, 15) is 0 Å². The molecule has 1 unspecified atom stereocenters. The predicted octanol–water partition coefficient (Wildman–Crippen LogP) is -0.254. The van der Waals surface area contributed by atoms with Gasteiger partial charge in [0.1, 0.15) is 0 Å². The molecular formula is C10H21NO3. The van der Waals surface area contributed by atoms with E-state index in [2.05, 4.69) is 5.32 Å². The van der Waals surface area contributed by atoms with Gasteiger partial charge in [-0.2, -0.15) is 0 Å². The average Bonchev–Trinajstić information content (AvgIpc) is 2.27. The summed E-state index contributed by atoms with van der Waals surface area (Å²) in [7, 11) is 0. The molecule has 1 aliphatic heterocycles. The summed E-state index contributed by atoms with van der Waals surface area (Å²) in [6, 6.07) is 0.376. The van der Waals surface area contributed by atoms with Crippen LogP contribution >= 0.6 is 0 Å². The van der Waals surface area contributed by atoms with E-state index in [4.69, 9.17) is 14.9 Å². The Labute approximate surface area is 85.3 Å². The fraction of sp³-hybridized carbons (Fsp3) is 1.00. The molecule has 1 saturated heterocycles. The molecule has 0 aromatic carbocycles. The van der Waals surface area contributed by atoms with Crippen molar-refractivity contribution in [1.29, 1.82) is 0 Å². The third-order valence-electron chi connectivity index (χ3n) is 2.74. The van der Waals surface area contributed by atoms with Crippen LogP contribution in [-0.4, -0.2) is 49.2 Å². The lowest BCUT2D eigenvalue weighted by Gasteiger charge is -2.30. The van der Waals surface area contributed by atoms with Crippen LogP contribution in [0.2, 0.25) is 0 Å². The minimum atomic E-state index is -0.419. The highest BCUT2D eigenvalue weighted by Gasteiger charge is 2.24. The first-order chi connectivity index (χ1) is 6.70. The summed E-state index contributed by atoms with van der Waals surface area (Å²) in [6.07, 6.45) is 2.21. The molecule has 1 atom stereocenters. The molecule has 4 nitrogen and oxygen atoms in total. The number of nitrogens with one attached hydrogen (secondary N) is 1. The largest absolute Gasteiger partial charge is 0.396 e. The summed E-state index contributed by atoms with van der Waals surface area (Å²) in [5.74, 6) is 0. The van der Waals surface area contributed by atoms with Crippen LogP contribution in [0.4, 0.5) is 0 Å². The van der Waals surface area contributed by atoms with E-state index in [1.54, 1.807) is 0 Å². The van der Waals surface area contributed by atoms with Gasteiger partial charge in [0.15, 0.2) is 0 Å². The second-order valence-corrected chi connectivity index (χ2v) is 4.42. The minimum Gasteiger partial charge on any atom is -0.396 e. The summed E-state index contributed by atoms with van der Waals surface area (Å²) < 4.78 is 5.33. The molecule has 0 aliphatic carbocycles. The molecule has 0 amide bonds. The van der Waals surface area contributed by atoms with Gasteiger partial charge in [-0.1, -0.05) is 6.92 Å². The highest BCUT2D eigenvalue weighted by atomic mass is 16.5. The SMILES string of the molecule is CC(CO)(CO)CNC1CCCOC1. The summed E-state index contributed by atoms with van der Waals surface area (Å²) in [5, 5.41) is 21.5. The maximum Gasteiger partial charge on any atom is 0.0619 e. The van der Waals surface area contributed by atoms with Gasteiger partial charge in [-0.15, -0.1) is 0 Å². The highest BCUT2D eigenvalue weighted by Crippen LogP contribution is 2.14. The fourth-order valence-corrected chi connectivity index (χ4v) is 1.45. The molecule has 84 valence electrons. The van der Waals surface area contributed by atoms with Crippen molar-refractivity contribution in [3.05, 3.63) is 0 Å². The standard InChI is InChI=1S/C10H21NO3/c1-10(7-12,8-13)6-11-9-3-2-4-14-5-9/h9,11-13H,2-8H2,1H3. The molecular weight excluding hydrogens is 182 g/mol. The third-order valence-corrected chi connectivity index (χ3v) is 2.74. The molecule has 0 bridgehead atoms. The van der Waals surface area contributed by atoms with Gasteiger partial charge in [-0.25, -0.2) is 0 Å². The Morgan fingerprint density at radius 3 is 2.64 bits per heavy atom. The second kappa shape index (κ2) is 5.66. The Morgan fingerprint density at radius 2 is 2.14 bits per heavy atom. The predicted molar refractivity (Wildman–Crippen MR) is 54.1 cm³/mol. The zero-order valence-corrected chi connectivity index (χ0v) is 8.83. The van der Waals surface area contributed by atoms with E-state index in [0.717, 1.165) is 26.1 Å². The molecule has 0 saturated carbocycles. The van der Waals surface area contributed by atoms with Crippen molar-refractivity contribution in [3.63, 3.8) is 0 Å². The Balaban J connectivity index is 2.23. The zero-order chi connectivity index (χ0) is 10.4. The normalized spacial score (nSPS) is 23.8. The second-order valence-electron chi connectivity index (χ2n) is 4.42. The molecule has 1 aliphatic rings. The van der Waals surface area contributed by atoms with Crippen LogP contribution < -0.4 is 5.32 Å². The van der Waals surface area contributed by atoms with Crippen LogP contribution in [0.5, 0.6) is 0 Å². The maximum atomic E-state index is 9.08. The minimum absolute atomic E-state index is 0.00404. The van der Waals surface area contributed by atoms with Crippen LogP contribution in [-0.2, 0) is 4.74 Å². The number of aliphatic hydroxyl groups is 2. The van der Waals surface area contributed by atoms with Crippen LogP contribution in [0.3, 0.4) is 0 Å². The maximum absolute atomic E-state index is 9.08. The Hall–Kier alpha value is -0.160. The van der Waals surface area contributed by atoms with Gasteiger partial charge >= 0.3 is 0 Å². The van der Waals surface area contributed by atoms with Crippen molar-refractivity contribution in [2.75, 3.05) is 33.0 Å². The highest BCUT2D eigenvalue weighted by molar-refractivity contribution is 4.79. The van der Waals surface area contributed by atoms with Gasteiger partial charge in [-0.05, 0) is 12.8 Å². The molecule has 1 heterocycles. The summed E-state index contributed by atoms with van der Waals surface area (Å²) in [5.41, 5.74) is -0.419. The van der Waals surface area contributed by atoms with Crippen LogP contribution in [0, 0.1) is 5.41 Å². The van der Waals surface area contributed by atoms with Gasteiger partial charge in [0.25, 0.3) is 0 Å². The van der Waals surface area contributed by atoms with Crippen molar-refractivity contribution in [2.24, 2.45) is 5.41 Å². The number of rotatable bonds is 5. The third kappa shape index (κ3) is 3.53. The summed E-state index contributed by atoms with van der Waals surface area (Å²) in [6.45, 7) is 4.11. The van der Waals surface area contributed by atoms with E-state index in [1.165, 1.54) is 0 Å². The number of hydrogen-bond acceptors (Lipinski definition) is 4. The van der Waals surface area contributed by atoms with Crippen LogP contribution in [0.15, 0.2) is 0 Å². The molecule has 0 radical (unpaired) electrons. The monoisotopic (exact) mass is 203 g/mol. The van der Waals surface area contributed by atoms with Crippen LogP contribution in [0.25, 0.3) is 0 Å². The zero-order valence-electron chi connectivity index (χ0n) is 8.83. The molecule has 0 spiro atoms. The van der Waals surface area contributed by atoms with Gasteiger partial charge < -0.3 is 20.3 Å². The summed E-state index contributed by atoms with van der Waals surface area (Å²) >= 11 is 0. The van der Waals surface area contributed by atoms with Crippen LogP contribution in [0.1, 0.15) is 19.8 Å². The molecule has 14 heavy (non-hydrogen) atoms. The Morgan fingerprint density at radius 1 is 1.43 bits per heavy atom. The fourth-order valence-electron chi connectivity index (χ4n) is 1.45. The Bertz CT molecular complexity index is 153. The molecule has 0 aromatic heterocycles. The lowest BCUT2D eigenvalue weighted by molar-refractivity contribution is 0.0432. The lowest BCUT2D eigenvalue weighted by atomic mass is 9.92. The number of hydrogen-bond donors (Lipinski definition) is 3. The molecule has 1 rings (SSSR count). The van der Waals surface area contributed by atoms with Gasteiger partial charge in [0, 0.05) is 24.6 Å². The first kappa shape index (κ1) is 11.9. The summed E-state index contributed by atoms with van der Waals surface area (Å²) in [4.78, 5) is 0. The van der Waals surface area contributed by atoms with Gasteiger partial charge in [0.2, 0.25) is 0 Å². The molecule has 3 N–H and O–H groups in total. The van der Waals surface area contributed by atoms with Crippen molar-refractivity contribution in [1.82, 2.24) is 5.32 Å². The number of ether oxygens (including phenoxy) is 1. The molecule has 1 fully saturated rings. The number of aliphatic hydroxyl groups excluding tert-OH is 2. The average molecular weight is 203 g/mol. The molecule has 0 aromatic rings. The van der Waals surface area contributed by atoms with E-state index in [1.807, 2.05) is 6.92 Å². The van der Waals surface area contributed by atoms with Crippen molar-refractivity contribution >= 4 is 0 Å².